The quantitative estimate of drug-likeness (QED) is 0.223. The minimum absolute atomic E-state index is 0.508. The van der Waals surface area contributed by atoms with Crippen molar-refractivity contribution in [1.82, 2.24) is 0 Å². The lowest BCUT2D eigenvalue weighted by molar-refractivity contribution is 0.434. The average molecular weight is 502 g/mol. The van der Waals surface area contributed by atoms with Crippen molar-refractivity contribution in [2.45, 2.75) is 5.41 Å². The van der Waals surface area contributed by atoms with Gasteiger partial charge in [0.2, 0.25) is 0 Å². The highest BCUT2D eigenvalue weighted by Gasteiger charge is 2.51. The van der Waals surface area contributed by atoms with E-state index in [0.29, 0.717) is 0 Å². The van der Waals surface area contributed by atoms with Gasteiger partial charge in [0.15, 0.2) is 0 Å². The second-order valence-corrected chi connectivity index (χ2v) is 9.61. The van der Waals surface area contributed by atoms with Crippen LogP contribution in [0.3, 0.4) is 0 Å². The molecule has 3 heteroatoms. The van der Waals surface area contributed by atoms with Crippen LogP contribution in [0.15, 0.2) is 126 Å². The Kier molecular flexibility index (Phi) is 4.24. The fourth-order valence-electron chi connectivity index (χ4n) is 5.70. The minimum atomic E-state index is -0.508. The highest BCUT2D eigenvalue weighted by atomic mass is 79.9. The van der Waals surface area contributed by atoms with E-state index < -0.39 is 5.41 Å². The maximum Gasteiger partial charge on any atom is 0.132 e. The summed E-state index contributed by atoms with van der Waals surface area (Å²) in [5.41, 5.74) is 7.78. The Morgan fingerprint density at radius 2 is 1.09 bits per heavy atom. The molecule has 0 aliphatic carbocycles. The van der Waals surface area contributed by atoms with Crippen LogP contribution in [0.1, 0.15) is 22.3 Å². The van der Waals surface area contributed by atoms with Gasteiger partial charge in [-0.2, -0.15) is 0 Å². The molecule has 0 saturated heterocycles. The number of ether oxygens (including phenoxy) is 1. The molecule has 5 aromatic carbocycles. The molecule has 0 saturated carbocycles. The molecular formula is C31H20BrNO. The van der Waals surface area contributed by atoms with Crippen molar-refractivity contribution in [3.8, 4) is 11.5 Å². The van der Waals surface area contributed by atoms with Gasteiger partial charge in [0.1, 0.15) is 11.5 Å². The summed E-state index contributed by atoms with van der Waals surface area (Å²) in [6, 6.07) is 43.0. The SMILES string of the molecule is Brc1ccc2c(c1)C1(c3ccccc3O2)c2ccccc2N(c2ccccc2)c2ccccc21. The number of fused-ring (bicyclic) bond motifs is 8. The van der Waals surface area contributed by atoms with Crippen molar-refractivity contribution < 1.29 is 4.74 Å². The van der Waals surface area contributed by atoms with Crippen LogP contribution in [-0.4, -0.2) is 0 Å². The molecule has 2 heterocycles. The van der Waals surface area contributed by atoms with Gasteiger partial charge in [-0.1, -0.05) is 88.7 Å². The van der Waals surface area contributed by atoms with E-state index in [1.165, 1.54) is 22.5 Å². The van der Waals surface area contributed by atoms with Gasteiger partial charge < -0.3 is 9.64 Å². The van der Waals surface area contributed by atoms with Crippen LogP contribution in [0.5, 0.6) is 11.5 Å². The third-order valence-electron chi connectivity index (χ3n) is 6.97. The molecule has 162 valence electrons. The van der Waals surface area contributed by atoms with Crippen molar-refractivity contribution >= 4 is 33.0 Å². The number of halogens is 1. The molecule has 5 aromatic rings. The van der Waals surface area contributed by atoms with Crippen molar-refractivity contribution in [3.63, 3.8) is 0 Å². The summed E-state index contributed by atoms with van der Waals surface area (Å²) in [5.74, 6) is 1.79. The molecule has 0 amide bonds. The fraction of sp³-hybridized carbons (Fsp3) is 0.0323. The van der Waals surface area contributed by atoms with Gasteiger partial charge in [-0.05, 0) is 59.7 Å². The molecule has 0 atom stereocenters. The summed E-state index contributed by atoms with van der Waals surface area (Å²) >= 11 is 3.74. The molecule has 0 bridgehead atoms. The second kappa shape index (κ2) is 7.34. The number of hydrogen-bond acceptors (Lipinski definition) is 2. The first-order valence-electron chi connectivity index (χ1n) is 11.4. The molecule has 7 rings (SSSR count). The first-order valence-corrected chi connectivity index (χ1v) is 12.2. The van der Waals surface area contributed by atoms with E-state index in [1.807, 2.05) is 6.07 Å². The van der Waals surface area contributed by atoms with E-state index in [4.69, 9.17) is 4.74 Å². The van der Waals surface area contributed by atoms with Crippen molar-refractivity contribution in [3.05, 3.63) is 148 Å². The summed E-state index contributed by atoms with van der Waals surface area (Å²) in [7, 11) is 0. The van der Waals surface area contributed by atoms with E-state index in [-0.39, 0.29) is 0 Å². The van der Waals surface area contributed by atoms with Gasteiger partial charge in [-0.3, -0.25) is 0 Å². The molecule has 0 fully saturated rings. The maximum absolute atomic E-state index is 6.47. The largest absolute Gasteiger partial charge is 0.457 e. The van der Waals surface area contributed by atoms with Crippen LogP contribution in [0.4, 0.5) is 17.1 Å². The van der Waals surface area contributed by atoms with E-state index in [0.717, 1.165) is 32.8 Å². The van der Waals surface area contributed by atoms with E-state index >= 15 is 0 Å². The van der Waals surface area contributed by atoms with E-state index in [2.05, 4.69) is 136 Å². The number of nitrogens with zero attached hydrogens (tertiary/aromatic N) is 1. The lowest BCUT2D eigenvalue weighted by Crippen LogP contribution is -2.39. The van der Waals surface area contributed by atoms with Gasteiger partial charge in [0.05, 0.1) is 16.8 Å². The molecule has 2 aliphatic rings. The van der Waals surface area contributed by atoms with Crippen molar-refractivity contribution in [1.29, 1.82) is 0 Å². The van der Waals surface area contributed by atoms with E-state index in [1.54, 1.807) is 0 Å². The summed E-state index contributed by atoms with van der Waals surface area (Å²) in [5, 5.41) is 0. The average Bonchev–Trinajstić information content (AvgIpc) is 2.89. The fourth-order valence-corrected chi connectivity index (χ4v) is 6.06. The molecule has 0 N–H and O–H groups in total. The van der Waals surface area contributed by atoms with Crippen LogP contribution in [-0.2, 0) is 5.41 Å². The monoisotopic (exact) mass is 501 g/mol. The minimum Gasteiger partial charge on any atom is -0.457 e. The van der Waals surface area contributed by atoms with Gasteiger partial charge in [0.25, 0.3) is 0 Å². The summed E-state index contributed by atoms with van der Waals surface area (Å²) in [6.07, 6.45) is 0. The topological polar surface area (TPSA) is 12.5 Å². The number of benzene rings is 5. The zero-order valence-corrected chi connectivity index (χ0v) is 19.9. The van der Waals surface area contributed by atoms with Gasteiger partial charge >= 0.3 is 0 Å². The Labute approximate surface area is 207 Å². The molecule has 2 nitrogen and oxygen atoms in total. The smallest absolute Gasteiger partial charge is 0.132 e. The Bertz CT molecular complexity index is 1510. The Morgan fingerprint density at radius 1 is 0.529 bits per heavy atom. The van der Waals surface area contributed by atoms with Crippen LogP contribution in [0.25, 0.3) is 0 Å². The lowest BCUT2D eigenvalue weighted by atomic mass is 9.61. The third-order valence-corrected chi connectivity index (χ3v) is 7.46. The van der Waals surface area contributed by atoms with Crippen molar-refractivity contribution in [2.75, 3.05) is 4.90 Å². The molecular weight excluding hydrogens is 482 g/mol. The maximum atomic E-state index is 6.47. The highest BCUT2D eigenvalue weighted by molar-refractivity contribution is 9.10. The van der Waals surface area contributed by atoms with Gasteiger partial charge in [-0.25, -0.2) is 0 Å². The van der Waals surface area contributed by atoms with Crippen LogP contribution < -0.4 is 9.64 Å². The number of rotatable bonds is 1. The first kappa shape index (κ1) is 19.6. The molecule has 0 aromatic heterocycles. The number of anilines is 3. The van der Waals surface area contributed by atoms with Crippen LogP contribution in [0, 0.1) is 0 Å². The summed E-state index contributed by atoms with van der Waals surface area (Å²) in [6.45, 7) is 0. The van der Waals surface area contributed by atoms with Gasteiger partial charge in [-0.15, -0.1) is 0 Å². The lowest BCUT2D eigenvalue weighted by Gasteiger charge is -2.48. The van der Waals surface area contributed by atoms with Crippen LogP contribution >= 0.6 is 15.9 Å². The van der Waals surface area contributed by atoms with E-state index in [9.17, 15) is 0 Å². The Balaban J connectivity index is 1.68. The normalized spacial score (nSPS) is 14.4. The molecule has 2 aliphatic heterocycles. The summed E-state index contributed by atoms with van der Waals surface area (Å²) in [4.78, 5) is 2.38. The predicted octanol–water partition coefficient (Wildman–Crippen LogP) is 8.72. The number of hydrogen-bond donors (Lipinski definition) is 0. The third kappa shape index (κ3) is 2.56. The van der Waals surface area contributed by atoms with Gasteiger partial charge in [0, 0.05) is 21.3 Å². The molecule has 0 radical (unpaired) electrons. The second-order valence-electron chi connectivity index (χ2n) is 8.69. The first-order chi connectivity index (χ1) is 16.8. The number of para-hydroxylation sites is 4. The standard InChI is InChI=1S/C31H20BrNO/c32-21-18-19-30-26(20-21)31(25-14-6-9-17-29(25)34-30)23-12-4-7-15-27(23)33(22-10-2-1-3-11-22)28-16-8-5-13-24(28)31/h1-20H. The molecule has 34 heavy (non-hydrogen) atoms. The zero-order chi connectivity index (χ0) is 22.7. The van der Waals surface area contributed by atoms with Crippen molar-refractivity contribution in [2.24, 2.45) is 0 Å². The summed E-state index contributed by atoms with van der Waals surface area (Å²) < 4.78 is 7.50. The molecule has 0 unspecified atom stereocenters. The predicted molar refractivity (Wildman–Crippen MR) is 141 cm³/mol. The Hall–Kier alpha value is -3.82. The Morgan fingerprint density at radius 3 is 1.79 bits per heavy atom. The zero-order valence-electron chi connectivity index (χ0n) is 18.3. The highest BCUT2D eigenvalue weighted by Crippen LogP contribution is 2.62. The van der Waals surface area contributed by atoms with Crippen LogP contribution in [0.2, 0.25) is 0 Å². The molecule has 1 spiro atoms.